The molecule has 0 saturated carbocycles. The van der Waals surface area contributed by atoms with Crippen LogP contribution in [0.3, 0.4) is 0 Å². The number of aromatic nitrogens is 2. The summed E-state index contributed by atoms with van der Waals surface area (Å²) in [7, 11) is 3.84. The maximum absolute atomic E-state index is 12.6. The SMILES string of the molecule is CCCN(CCCC(=O)Nc1c(SC)nc(C)nc1N(C)C)c1ccccc1. The van der Waals surface area contributed by atoms with Gasteiger partial charge in [0, 0.05) is 39.3 Å². The van der Waals surface area contributed by atoms with Gasteiger partial charge in [0.2, 0.25) is 5.91 Å². The van der Waals surface area contributed by atoms with Gasteiger partial charge >= 0.3 is 0 Å². The van der Waals surface area contributed by atoms with Crippen molar-refractivity contribution < 1.29 is 4.79 Å². The van der Waals surface area contributed by atoms with Crippen molar-refractivity contribution in [2.24, 2.45) is 0 Å². The largest absolute Gasteiger partial charge is 0.372 e. The molecule has 2 rings (SSSR count). The van der Waals surface area contributed by atoms with Crippen LogP contribution in [0.15, 0.2) is 35.4 Å². The molecule has 2 aromatic rings. The highest BCUT2D eigenvalue weighted by molar-refractivity contribution is 7.98. The van der Waals surface area contributed by atoms with Crippen LogP contribution in [-0.4, -0.2) is 49.3 Å². The summed E-state index contributed by atoms with van der Waals surface area (Å²) in [5.41, 5.74) is 1.90. The van der Waals surface area contributed by atoms with E-state index in [2.05, 4.69) is 51.4 Å². The zero-order valence-corrected chi connectivity index (χ0v) is 18.3. The number of thioether (sulfide) groups is 1. The van der Waals surface area contributed by atoms with Crippen molar-refractivity contribution in [3.63, 3.8) is 0 Å². The second-order valence-corrected chi connectivity index (χ2v) is 7.64. The Labute approximate surface area is 172 Å². The lowest BCUT2D eigenvalue weighted by Gasteiger charge is -2.24. The first kappa shape index (κ1) is 22.0. The van der Waals surface area contributed by atoms with Gasteiger partial charge in [0.1, 0.15) is 16.5 Å². The van der Waals surface area contributed by atoms with Gasteiger partial charge in [0.05, 0.1) is 0 Å². The number of anilines is 3. The first-order valence-corrected chi connectivity index (χ1v) is 10.9. The molecule has 0 spiro atoms. The molecule has 0 bridgehead atoms. The lowest BCUT2D eigenvalue weighted by Crippen LogP contribution is -2.26. The first-order valence-electron chi connectivity index (χ1n) is 9.66. The topological polar surface area (TPSA) is 61.4 Å². The molecular formula is C21H31N5OS. The number of hydrogen-bond donors (Lipinski definition) is 1. The molecule has 1 amide bonds. The predicted molar refractivity (Wildman–Crippen MR) is 120 cm³/mol. The van der Waals surface area contributed by atoms with E-state index < -0.39 is 0 Å². The molecule has 0 unspecified atom stereocenters. The average Bonchev–Trinajstić information content (AvgIpc) is 2.68. The molecule has 0 aliphatic heterocycles. The van der Waals surface area contributed by atoms with Crippen LogP contribution >= 0.6 is 11.8 Å². The molecule has 7 heteroatoms. The first-order chi connectivity index (χ1) is 13.5. The van der Waals surface area contributed by atoms with Gasteiger partial charge in [-0.25, -0.2) is 9.97 Å². The lowest BCUT2D eigenvalue weighted by molar-refractivity contribution is -0.116. The Hall–Kier alpha value is -2.28. The van der Waals surface area contributed by atoms with Crippen molar-refractivity contribution in [3.05, 3.63) is 36.2 Å². The molecule has 0 saturated heterocycles. The number of benzene rings is 1. The third-order valence-electron chi connectivity index (χ3n) is 4.30. The van der Waals surface area contributed by atoms with Crippen molar-refractivity contribution >= 4 is 34.9 Å². The average molecular weight is 402 g/mol. The second-order valence-electron chi connectivity index (χ2n) is 6.85. The van der Waals surface area contributed by atoms with Gasteiger partial charge in [-0.3, -0.25) is 4.79 Å². The van der Waals surface area contributed by atoms with E-state index in [1.54, 1.807) is 0 Å². The summed E-state index contributed by atoms with van der Waals surface area (Å²) >= 11 is 1.52. The monoisotopic (exact) mass is 401 g/mol. The number of rotatable bonds is 10. The van der Waals surface area contributed by atoms with E-state index in [-0.39, 0.29) is 5.91 Å². The number of carbonyl (C=O) groups is 1. The van der Waals surface area contributed by atoms with E-state index in [0.29, 0.717) is 17.9 Å². The van der Waals surface area contributed by atoms with E-state index in [1.165, 1.54) is 17.4 Å². The molecular weight excluding hydrogens is 370 g/mol. The fourth-order valence-corrected chi connectivity index (χ4v) is 3.59. The molecule has 152 valence electrons. The number of hydrogen-bond acceptors (Lipinski definition) is 6. The summed E-state index contributed by atoms with van der Waals surface area (Å²) in [6.07, 6.45) is 4.28. The molecule has 1 heterocycles. The molecule has 0 aliphatic carbocycles. The van der Waals surface area contributed by atoms with Crippen LogP contribution in [0.2, 0.25) is 0 Å². The zero-order valence-electron chi connectivity index (χ0n) is 17.5. The van der Waals surface area contributed by atoms with Crippen LogP contribution in [0.25, 0.3) is 0 Å². The highest BCUT2D eigenvalue weighted by Gasteiger charge is 2.17. The Morgan fingerprint density at radius 2 is 1.86 bits per heavy atom. The van der Waals surface area contributed by atoms with Crippen LogP contribution in [0.5, 0.6) is 0 Å². The highest BCUT2D eigenvalue weighted by Crippen LogP contribution is 2.31. The molecule has 1 aromatic carbocycles. The summed E-state index contributed by atoms with van der Waals surface area (Å²) in [5, 5.41) is 3.83. The Balaban J connectivity index is 2.00. The number of nitrogens with one attached hydrogen (secondary N) is 1. The summed E-state index contributed by atoms with van der Waals surface area (Å²) in [5.74, 6) is 1.43. The number of carbonyl (C=O) groups excluding carboxylic acids is 1. The number of nitrogens with zero attached hydrogens (tertiary/aromatic N) is 4. The van der Waals surface area contributed by atoms with Crippen molar-refractivity contribution in [1.29, 1.82) is 0 Å². The zero-order chi connectivity index (χ0) is 20.5. The second kappa shape index (κ2) is 10.9. The summed E-state index contributed by atoms with van der Waals surface area (Å²) < 4.78 is 0. The Morgan fingerprint density at radius 3 is 2.46 bits per heavy atom. The van der Waals surface area contributed by atoms with Gasteiger partial charge in [-0.2, -0.15) is 0 Å². The maximum atomic E-state index is 12.6. The minimum Gasteiger partial charge on any atom is -0.372 e. The van der Waals surface area contributed by atoms with E-state index >= 15 is 0 Å². The molecule has 28 heavy (non-hydrogen) atoms. The summed E-state index contributed by atoms with van der Waals surface area (Å²) in [6.45, 7) is 5.88. The van der Waals surface area contributed by atoms with Crippen LogP contribution in [-0.2, 0) is 4.79 Å². The van der Waals surface area contributed by atoms with Crippen molar-refractivity contribution in [2.45, 2.75) is 38.1 Å². The minimum absolute atomic E-state index is 0.00429. The summed E-state index contributed by atoms with van der Waals surface area (Å²) in [4.78, 5) is 25.8. The quantitative estimate of drug-likeness (QED) is 0.475. The Bertz CT molecular complexity index is 767. The number of amides is 1. The lowest BCUT2D eigenvalue weighted by atomic mass is 10.2. The van der Waals surface area contributed by atoms with Crippen LogP contribution in [0, 0.1) is 6.92 Å². The molecule has 6 nitrogen and oxygen atoms in total. The van der Waals surface area contributed by atoms with E-state index in [4.69, 9.17) is 0 Å². The van der Waals surface area contributed by atoms with Gasteiger partial charge in [0.15, 0.2) is 5.82 Å². The Kier molecular flexibility index (Phi) is 8.57. The van der Waals surface area contributed by atoms with Crippen LogP contribution in [0.4, 0.5) is 17.2 Å². The third-order valence-corrected chi connectivity index (χ3v) is 4.98. The van der Waals surface area contributed by atoms with Crippen LogP contribution in [0.1, 0.15) is 32.0 Å². The van der Waals surface area contributed by atoms with E-state index in [0.717, 1.165) is 36.8 Å². The fourth-order valence-electron chi connectivity index (χ4n) is 3.02. The van der Waals surface area contributed by atoms with E-state index in [9.17, 15) is 4.79 Å². The van der Waals surface area contributed by atoms with Crippen LogP contribution < -0.4 is 15.1 Å². The molecule has 0 aliphatic rings. The van der Waals surface area contributed by atoms with Crippen molar-refractivity contribution in [1.82, 2.24) is 9.97 Å². The van der Waals surface area contributed by atoms with Gasteiger partial charge in [0.25, 0.3) is 0 Å². The maximum Gasteiger partial charge on any atom is 0.224 e. The number of aryl methyl sites for hydroxylation is 1. The molecule has 0 radical (unpaired) electrons. The smallest absolute Gasteiger partial charge is 0.224 e. The third kappa shape index (κ3) is 6.12. The summed E-state index contributed by atoms with van der Waals surface area (Å²) in [6, 6.07) is 10.4. The Morgan fingerprint density at radius 1 is 1.14 bits per heavy atom. The molecule has 0 fully saturated rings. The normalized spacial score (nSPS) is 10.6. The van der Waals surface area contributed by atoms with Crippen molar-refractivity contribution in [3.8, 4) is 0 Å². The molecule has 0 atom stereocenters. The van der Waals surface area contributed by atoms with Gasteiger partial charge in [-0.15, -0.1) is 11.8 Å². The van der Waals surface area contributed by atoms with Crippen molar-refractivity contribution in [2.75, 3.05) is 48.6 Å². The fraction of sp³-hybridized carbons (Fsp3) is 0.476. The minimum atomic E-state index is -0.00429. The molecule has 1 N–H and O–H groups in total. The number of para-hydroxylation sites is 1. The standard InChI is InChI=1S/C21H31N5OS/c1-6-14-26(17-11-8-7-9-12-17)15-10-13-18(27)24-19-20(25(3)4)22-16(2)23-21(19)28-5/h7-9,11-12H,6,10,13-15H2,1-5H3,(H,24,27). The van der Waals surface area contributed by atoms with Gasteiger partial charge < -0.3 is 15.1 Å². The highest BCUT2D eigenvalue weighted by atomic mass is 32.2. The van der Waals surface area contributed by atoms with E-state index in [1.807, 2.05) is 38.2 Å². The van der Waals surface area contributed by atoms with Gasteiger partial charge in [-0.05, 0) is 38.2 Å². The van der Waals surface area contributed by atoms with Gasteiger partial charge in [-0.1, -0.05) is 25.1 Å². The molecule has 1 aromatic heterocycles. The predicted octanol–water partition coefficient (Wildman–Crippen LogP) is 4.21.